The molecule has 1 saturated carbocycles. The Hall–Kier alpha value is -0.810. The molecular weight excluding hydrogens is 215 g/mol. The molecule has 1 aromatic rings. The SMILES string of the molecule is Cc1cc(P)ccc1OC(C)(C)C=C1CC1. The van der Waals surface area contributed by atoms with Gasteiger partial charge in [0.05, 0.1) is 0 Å². The average Bonchev–Trinajstić information content (AvgIpc) is 2.93. The average molecular weight is 234 g/mol. The molecule has 1 aromatic carbocycles. The van der Waals surface area contributed by atoms with Gasteiger partial charge in [0, 0.05) is 0 Å². The number of ether oxygens (including phenoxy) is 1. The summed E-state index contributed by atoms with van der Waals surface area (Å²) in [4.78, 5) is 0. The van der Waals surface area contributed by atoms with E-state index in [2.05, 4.69) is 48.2 Å². The first-order valence-corrected chi connectivity index (χ1v) is 6.30. The van der Waals surface area contributed by atoms with Crippen molar-refractivity contribution in [3.63, 3.8) is 0 Å². The molecule has 2 heteroatoms. The minimum absolute atomic E-state index is 0.195. The summed E-state index contributed by atoms with van der Waals surface area (Å²) in [7, 11) is 2.71. The van der Waals surface area contributed by atoms with Gasteiger partial charge in [0.25, 0.3) is 0 Å². The highest BCUT2D eigenvalue weighted by atomic mass is 31.0. The van der Waals surface area contributed by atoms with Crippen molar-refractivity contribution in [3.05, 3.63) is 35.4 Å². The van der Waals surface area contributed by atoms with Crippen LogP contribution >= 0.6 is 9.24 Å². The predicted octanol–water partition coefficient (Wildman–Crippen LogP) is 3.37. The molecule has 86 valence electrons. The summed E-state index contributed by atoms with van der Waals surface area (Å²) >= 11 is 0. The van der Waals surface area contributed by atoms with E-state index < -0.39 is 0 Å². The van der Waals surface area contributed by atoms with Crippen LogP contribution in [-0.4, -0.2) is 5.60 Å². The van der Waals surface area contributed by atoms with E-state index in [0.717, 1.165) is 5.75 Å². The summed E-state index contributed by atoms with van der Waals surface area (Å²) in [6.45, 7) is 6.32. The fraction of sp³-hybridized carbons (Fsp3) is 0.429. The van der Waals surface area contributed by atoms with Crippen molar-refractivity contribution >= 4 is 14.5 Å². The second-order valence-electron chi connectivity index (χ2n) is 5.03. The highest BCUT2D eigenvalue weighted by Gasteiger charge is 2.22. The number of hydrogen-bond donors (Lipinski definition) is 0. The summed E-state index contributed by atoms with van der Waals surface area (Å²) in [5.74, 6) is 0.980. The lowest BCUT2D eigenvalue weighted by Gasteiger charge is -2.24. The van der Waals surface area contributed by atoms with Crippen LogP contribution in [-0.2, 0) is 0 Å². The lowest BCUT2D eigenvalue weighted by Crippen LogP contribution is -2.25. The van der Waals surface area contributed by atoms with Gasteiger partial charge in [0.2, 0.25) is 0 Å². The molecule has 0 radical (unpaired) electrons. The topological polar surface area (TPSA) is 9.23 Å². The zero-order chi connectivity index (χ0) is 11.8. The van der Waals surface area contributed by atoms with Gasteiger partial charge in [-0.1, -0.05) is 11.6 Å². The number of aryl methyl sites for hydroxylation is 1. The van der Waals surface area contributed by atoms with E-state index in [1.54, 1.807) is 0 Å². The minimum Gasteiger partial charge on any atom is -0.484 e. The minimum atomic E-state index is -0.195. The number of hydrogen-bond acceptors (Lipinski definition) is 1. The maximum Gasteiger partial charge on any atom is 0.123 e. The first kappa shape index (κ1) is 11.7. The van der Waals surface area contributed by atoms with Crippen molar-refractivity contribution < 1.29 is 4.74 Å². The van der Waals surface area contributed by atoms with Crippen LogP contribution in [0.1, 0.15) is 32.3 Å². The van der Waals surface area contributed by atoms with Crippen LogP contribution in [0.4, 0.5) is 0 Å². The second-order valence-corrected chi connectivity index (χ2v) is 5.70. The summed E-state index contributed by atoms with van der Waals surface area (Å²) in [5, 5.41) is 1.20. The van der Waals surface area contributed by atoms with Crippen LogP contribution in [0.15, 0.2) is 29.8 Å². The summed E-state index contributed by atoms with van der Waals surface area (Å²) in [6, 6.07) is 6.23. The number of allylic oxidation sites excluding steroid dienone is 1. The number of benzene rings is 1. The van der Waals surface area contributed by atoms with Crippen LogP contribution in [0, 0.1) is 6.92 Å². The molecule has 1 aliphatic rings. The molecule has 1 atom stereocenters. The maximum atomic E-state index is 6.05. The Morgan fingerprint density at radius 3 is 2.56 bits per heavy atom. The molecule has 1 fully saturated rings. The fourth-order valence-corrected chi connectivity index (χ4v) is 2.15. The van der Waals surface area contributed by atoms with Gasteiger partial charge >= 0.3 is 0 Å². The van der Waals surface area contributed by atoms with Gasteiger partial charge < -0.3 is 4.74 Å². The van der Waals surface area contributed by atoms with Crippen molar-refractivity contribution in [2.75, 3.05) is 0 Å². The standard InChI is InChI=1S/C14H19OP/c1-10-8-12(16)6-7-13(10)15-14(2,3)9-11-4-5-11/h6-9H,4-5,16H2,1-3H3. The first-order valence-electron chi connectivity index (χ1n) is 5.72. The van der Waals surface area contributed by atoms with Gasteiger partial charge in [-0.2, -0.15) is 0 Å². The van der Waals surface area contributed by atoms with Gasteiger partial charge in [0.15, 0.2) is 0 Å². The molecule has 0 aromatic heterocycles. The van der Waals surface area contributed by atoms with Crippen LogP contribution < -0.4 is 10.0 Å². The molecule has 0 amide bonds. The first-order chi connectivity index (χ1) is 7.46. The molecule has 0 aliphatic heterocycles. The highest BCUT2D eigenvalue weighted by molar-refractivity contribution is 7.27. The zero-order valence-electron chi connectivity index (χ0n) is 10.2. The second kappa shape index (κ2) is 4.22. The van der Waals surface area contributed by atoms with E-state index >= 15 is 0 Å². The maximum absolute atomic E-state index is 6.05. The molecule has 1 unspecified atom stereocenters. The molecule has 1 aliphatic carbocycles. The number of rotatable bonds is 3. The predicted molar refractivity (Wildman–Crippen MR) is 72.5 cm³/mol. The van der Waals surface area contributed by atoms with Gasteiger partial charge in [-0.15, -0.1) is 9.24 Å². The van der Waals surface area contributed by atoms with E-state index in [0.29, 0.717) is 0 Å². The van der Waals surface area contributed by atoms with Crippen molar-refractivity contribution in [1.29, 1.82) is 0 Å². The fourth-order valence-electron chi connectivity index (χ4n) is 1.81. The van der Waals surface area contributed by atoms with Crippen molar-refractivity contribution in [1.82, 2.24) is 0 Å². The molecular formula is C14H19OP. The smallest absolute Gasteiger partial charge is 0.123 e. The Kier molecular flexibility index (Phi) is 3.08. The normalized spacial score (nSPS) is 14.9. The Labute approximate surface area is 100 Å². The molecule has 0 saturated heterocycles. The van der Waals surface area contributed by atoms with Crippen LogP contribution in [0.3, 0.4) is 0 Å². The van der Waals surface area contributed by atoms with E-state index in [4.69, 9.17) is 4.74 Å². The molecule has 2 rings (SSSR count). The van der Waals surface area contributed by atoms with Crippen LogP contribution in [0.25, 0.3) is 0 Å². The molecule has 0 N–H and O–H groups in total. The Balaban J connectivity index is 2.16. The monoisotopic (exact) mass is 234 g/mol. The highest BCUT2D eigenvalue weighted by Crippen LogP contribution is 2.32. The van der Waals surface area contributed by atoms with E-state index in [-0.39, 0.29) is 5.60 Å². The van der Waals surface area contributed by atoms with Gasteiger partial charge in [-0.05, 0) is 62.7 Å². The van der Waals surface area contributed by atoms with Crippen molar-refractivity contribution in [2.24, 2.45) is 0 Å². The Morgan fingerprint density at radius 2 is 2.00 bits per heavy atom. The third-order valence-electron chi connectivity index (χ3n) is 2.66. The van der Waals surface area contributed by atoms with E-state index in [1.807, 2.05) is 6.07 Å². The van der Waals surface area contributed by atoms with Gasteiger partial charge in [-0.25, -0.2) is 0 Å². The van der Waals surface area contributed by atoms with Crippen LogP contribution in [0.5, 0.6) is 5.75 Å². The van der Waals surface area contributed by atoms with E-state index in [9.17, 15) is 0 Å². The molecule has 0 bridgehead atoms. The summed E-state index contributed by atoms with van der Waals surface area (Å²) in [5.41, 5.74) is 2.51. The molecule has 1 nitrogen and oxygen atoms in total. The molecule has 0 spiro atoms. The Morgan fingerprint density at radius 1 is 1.31 bits per heavy atom. The zero-order valence-corrected chi connectivity index (χ0v) is 11.4. The quantitative estimate of drug-likeness (QED) is 0.575. The lowest BCUT2D eigenvalue weighted by atomic mass is 10.1. The molecule has 0 heterocycles. The van der Waals surface area contributed by atoms with E-state index in [1.165, 1.54) is 29.3 Å². The largest absolute Gasteiger partial charge is 0.484 e. The van der Waals surface area contributed by atoms with Gasteiger partial charge in [-0.3, -0.25) is 0 Å². The van der Waals surface area contributed by atoms with Crippen molar-refractivity contribution in [2.45, 2.75) is 39.2 Å². The summed E-state index contributed by atoms with van der Waals surface area (Å²) < 4.78 is 6.05. The van der Waals surface area contributed by atoms with Crippen LogP contribution in [0.2, 0.25) is 0 Å². The third kappa shape index (κ3) is 3.09. The third-order valence-corrected chi connectivity index (χ3v) is 3.02. The Bertz CT molecular complexity index is 426. The lowest BCUT2D eigenvalue weighted by molar-refractivity contribution is 0.160. The van der Waals surface area contributed by atoms with Gasteiger partial charge in [0.1, 0.15) is 11.4 Å². The summed E-state index contributed by atoms with van der Waals surface area (Å²) in [6.07, 6.45) is 4.74. The van der Waals surface area contributed by atoms with Crippen molar-refractivity contribution in [3.8, 4) is 5.75 Å². The molecule has 16 heavy (non-hydrogen) atoms.